The van der Waals surface area contributed by atoms with E-state index in [1.165, 1.54) is 24.5 Å². The van der Waals surface area contributed by atoms with E-state index in [4.69, 9.17) is 5.73 Å². The van der Waals surface area contributed by atoms with E-state index in [0.29, 0.717) is 36.5 Å². The Hall–Kier alpha value is -3.83. The number of ether oxygens (including phenoxy) is 1. The highest BCUT2D eigenvalue weighted by Gasteiger charge is 2.47. The van der Waals surface area contributed by atoms with Crippen LogP contribution in [0.2, 0.25) is 0 Å². The molecule has 2 aliphatic heterocycles. The van der Waals surface area contributed by atoms with Gasteiger partial charge in [-0.3, -0.25) is 9.67 Å². The van der Waals surface area contributed by atoms with E-state index in [2.05, 4.69) is 25.1 Å². The Labute approximate surface area is 199 Å². The van der Waals surface area contributed by atoms with Crippen molar-refractivity contribution in [1.82, 2.24) is 30.0 Å². The molecule has 1 spiro atoms. The van der Waals surface area contributed by atoms with Gasteiger partial charge in [-0.25, -0.2) is 14.2 Å². The summed E-state index contributed by atoms with van der Waals surface area (Å²) in [5, 5.41) is 7.54. The van der Waals surface area contributed by atoms with Gasteiger partial charge in [0.1, 0.15) is 5.82 Å². The van der Waals surface area contributed by atoms with Gasteiger partial charge in [0.2, 0.25) is 0 Å². The highest BCUT2D eigenvalue weighted by molar-refractivity contribution is 5.75. The molecule has 2 amide bonds. The zero-order valence-corrected chi connectivity index (χ0v) is 18.9. The molecular weight excluding hydrogens is 463 g/mol. The highest BCUT2D eigenvalue weighted by Crippen LogP contribution is 2.44. The smallest absolute Gasteiger partial charge is 0.387 e. The topological polar surface area (TPSA) is 111 Å². The van der Waals surface area contributed by atoms with Crippen LogP contribution in [0.4, 0.5) is 23.8 Å². The summed E-state index contributed by atoms with van der Waals surface area (Å²) in [4.78, 5) is 22.5. The van der Waals surface area contributed by atoms with Crippen molar-refractivity contribution in [2.45, 2.75) is 44.4 Å². The number of fused-ring (bicyclic) bond motifs is 2. The third kappa shape index (κ3) is 4.35. The number of nitrogen functional groups attached to an aromatic ring is 1. The number of hydrogen-bond acceptors (Lipinski definition) is 6. The average molecular weight is 487 g/mol. The number of nitrogens with one attached hydrogen (secondary N) is 1. The lowest BCUT2D eigenvalue weighted by molar-refractivity contribution is -0.0494. The first-order chi connectivity index (χ1) is 16.7. The molecule has 2 unspecified atom stereocenters. The van der Waals surface area contributed by atoms with Gasteiger partial charge in [0.05, 0.1) is 17.9 Å². The molecule has 0 saturated carbocycles. The maximum atomic E-state index is 13.5. The number of amides is 2. The van der Waals surface area contributed by atoms with Crippen LogP contribution in [0.5, 0.6) is 5.75 Å². The first-order valence-corrected chi connectivity index (χ1v) is 11.2. The number of nitrogens with two attached hydrogens (primary N) is 1. The lowest BCUT2D eigenvalue weighted by atomic mass is 9.82. The summed E-state index contributed by atoms with van der Waals surface area (Å²) in [6, 6.07) is 4.04. The quantitative estimate of drug-likeness (QED) is 0.570. The molecule has 3 aromatic heterocycles. The van der Waals surface area contributed by atoms with Crippen molar-refractivity contribution in [3.63, 3.8) is 0 Å². The van der Waals surface area contributed by atoms with E-state index in [1.54, 1.807) is 11.8 Å². The van der Waals surface area contributed by atoms with Crippen LogP contribution in [0.3, 0.4) is 0 Å². The van der Waals surface area contributed by atoms with Crippen LogP contribution in [0.1, 0.15) is 37.1 Å². The maximum Gasteiger partial charge on any atom is 0.387 e. The van der Waals surface area contributed by atoms with Crippen molar-refractivity contribution in [2.24, 2.45) is 0 Å². The molecule has 35 heavy (non-hydrogen) atoms. The maximum absolute atomic E-state index is 13.5. The van der Waals surface area contributed by atoms with Gasteiger partial charge in [0.25, 0.3) is 0 Å². The largest absolute Gasteiger partial charge is 0.431 e. The monoisotopic (exact) mass is 487 g/mol. The minimum absolute atomic E-state index is 0.127. The summed E-state index contributed by atoms with van der Waals surface area (Å²) in [5.74, 6) is -0.785. The molecule has 2 aliphatic rings. The SMILES string of the molecule is CC(NC(=O)N1CCC2(CCn3nc(-c4cnc(N)c(OC(F)F)c4)cc32)C1)c1cncc(F)c1. The van der Waals surface area contributed by atoms with Crippen molar-refractivity contribution >= 4 is 11.8 Å². The lowest BCUT2D eigenvalue weighted by Gasteiger charge is -2.25. The zero-order valence-electron chi connectivity index (χ0n) is 18.9. The number of halogens is 3. The summed E-state index contributed by atoms with van der Waals surface area (Å²) >= 11 is 0. The molecule has 184 valence electrons. The summed E-state index contributed by atoms with van der Waals surface area (Å²) < 4.78 is 45.2. The Morgan fingerprint density at radius 2 is 2.00 bits per heavy atom. The number of aryl methyl sites for hydroxylation is 1. The Kier molecular flexibility index (Phi) is 5.73. The standard InChI is InChI=1S/C23H24F3N7O2/c1-13(14-6-16(24)11-28-9-14)30-22(34)32-4-2-23(12-32)3-5-33-19(23)8-17(31-33)15-7-18(35-21(25)26)20(27)29-10-15/h6-11,13,21H,2-5,12H2,1H3,(H2,27,29)(H,30,34). The van der Waals surface area contributed by atoms with Gasteiger partial charge in [-0.2, -0.15) is 13.9 Å². The predicted molar refractivity (Wildman–Crippen MR) is 120 cm³/mol. The number of pyridine rings is 2. The van der Waals surface area contributed by atoms with E-state index in [1.807, 2.05) is 10.7 Å². The van der Waals surface area contributed by atoms with Gasteiger partial charge in [-0.05, 0) is 43.5 Å². The Morgan fingerprint density at radius 1 is 1.20 bits per heavy atom. The number of likely N-dealkylation sites (tertiary alicyclic amines) is 1. The average Bonchev–Trinajstić information content (AvgIpc) is 3.52. The van der Waals surface area contributed by atoms with E-state index >= 15 is 0 Å². The van der Waals surface area contributed by atoms with Crippen molar-refractivity contribution in [3.8, 4) is 17.0 Å². The zero-order chi connectivity index (χ0) is 24.7. The molecule has 0 aliphatic carbocycles. The molecule has 5 heterocycles. The van der Waals surface area contributed by atoms with Crippen molar-refractivity contribution in [2.75, 3.05) is 18.8 Å². The van der Waals surface area contributed by atoms with Crippen LogP contribution >= 0.6 is 0 Å². The van der Waals surface area contributed by atoms with Crippen molar-refractivity contribution in [1.29, 1.82) is 0 Å². The number of rotatable bonds is 5. The molecule has 3 N–H and O–H groups in total. The number of hydrogen-bond donors (Lipinski definition) is 2. The molecule has 0 aromatic carbocycles. The summed E-state index contributed by atoms with van der Waals surface area (Å²) in [6.45, 7) is 0.525. The number of nitrogens with zero attached hydrogens (tertiary/aromatic N) is 5. The van der Waals surface area contributed by atoms with Gasteiger partial charge in [-0.15, -0.1) is 0 Å². The van der Waals surface area contributed by atoms with Gasteiger partial charge >= 0.3 is 12.6 Å². The van der Waals surface area contributed by atoms with Crippen LogP contribution in [0, 0.1) is 5.82 Å². The summed E-state index contributed by atoms with van der Waals surface area (Å²) in [6.07, 6.45) is 5.71. The normalized spacial score (nSPS) is 19.9. The number of alkyl halides is 2. The fourth-order valence-electron chi connectivity index (χ4n) is 4.87. The number of carbonyl (C=O) groups excluding carboxylic acids is 1. The van der Waals surface area contributed by atoms with Gasteiger partial charge in [-0.1, -0.05) is 0 Å². The molecule has 0 bridgehead atoms. The second kappa shape index (κ2) is 8.75. The molecule has 2 atom stereocenters. The molecule has 3 aromatic rings. The minimum atomic E-state index is -3.01. The second-order valence-electron chi connectivity index (χ2n) is 8.93. The first kappa shape index (κ1) is 22.9. The summed E-state index contributed by atoms with van der Waals surface area (Å²) in [5.41, 5.74) is 8.04. The van der Waals surface area contributed by atoms with Crippen LogP contribution < -0.4 is 15.8 Å². The van der Waals surface area contributed by atoms with Gasteiger partial charge < -0.3 is 20.7 Å². The van der Waals surface area contributed by atoms with Crippen LogP contribution in [0.15, 0.2) is 36.8 Å². The van der Waals surface area contributed by atoms with Crippen LogP contribution in [-0.4, -0.2) is 50.4 Å². The van der Waals surface area contributed by atoms with Gasteiger partial charge in [0.15, 0.2) is 11.6 Å². The van der Waals surface area contributed by atoms with E-state index in [0.717, 1.165) is 24.7 Å². The third-order valence-electron chi connectivity index (χ3n) is 6.73. The van der Waals surface area contributed by atoms with E-state index in [9.17, 15) is 18.0 Å². The highest BCUT2D eigenvalue weighted by atomic mass is 19.3. The van der Waals surface area contributed by atoms with Crippen molar-refractivity contribution < 1.29 is 22.7 Å². The number of anilines is 1. The van der Waals surface area contributed by atoms with Crippen LogP contribution in [-0.2, 0) is 12.0 Å². The number of urea groups is 1. The molecule has 1 fully saturated rings. The molecular formula is C23H24F3N7O2. The lowest BCUT2D eigenvalue weighted by Crippen LogP contribution is -2.41. The molecule has 5 rings (SSSR count). The van der Waals surface area contributed by atoms with Crippen molar-refractivity contribution in [3.05, 3.63) is 53.9 Å². The van der Waals surface area contributed by atoms with Gasteiger partial charge in [0, 0.05) is 48.7 Å². The Morgan fingerprint density at radius 3 is 2.77 bits per heavy atom. The third-order valence-corrected chi connectivity index (χ3v) is 6.73. The van der Waals surface area contributed by atoms with E-state index < -0.39 is 18.5 Å². The molecule has 9 nitrogen and oxygen atoms in total. The Bertz CT molecular complexity index is 1270. The number of aromatic nitrogens is 4. The van der Waals surface area contributed by atoms with E-state index in [-0.39, 0.29) is 23.0 Å². The van der Waals surface area contributed by atoms with Crippen LogP contribution in [0.25, 0.3) is 11.3 Å². The molecule has 1 saturated heterocycles. The molecule has 12 heteroatoms. The Balaban J connectivity index is 1.31. The fourth-order valence-corrected chi connectivity index (χ4v) is 4.87. The molecule has 0 radical (unpaired) electrons. The number of carbonyl (C=O) groups is 1. The fraction of sp³-hybridized carbons (Fsp3) is 0.391. The second-order valence-corrected chi connectivity index (χ2v) is 8.93. The summed E-state index contributed by atoms with van der Waals surface area (Å²) in [7, 11) is 0. The first-order valence-electron chi connectivity index (χ1n) is 11.2. The minimum Gasteiger partial charge on any atom is -0.431 e. The predicted octanol–water partition coefficient (Wildman–Crippen LogP) is 3.48.